The molecule has 7 rings (SSSR count). The predicted molar refractivity (Wildman–Crippen MR) is 208 cm³/mol. The SMILES string of the molecule is COC(=O)N[C@H]1CCC[C@@H]1[C@](CN1CCC1)(c1cccc(F)c1)C1CCN(CC2(OC)CN(c3ccc(S(=O)(=O)C4CCN(C(=O)OC)CC4)cc3)C2)CC1. The summed E-state index contributed by atoms with van der Waals surface area (Å²) in [5.41, 5.74) is 1.35. The van der Waals surface area contributed by atoms with Gasteiger partial charge in [0.05, 0.1) is 37.5 Å². The highest BCUT2D eigenvalue weighted by Gasteiger charge is 2.54. The van der Waals surface area contributed by atoms with E-state index in [2.05, 4.69) is 26.1 Å². The number of ether oxygens (including phenoxy) is 3. The van der Waals surface area contributed by atoms with Crippen LogP contribution >= 0.6 is 0 Å². The quantitative estimate of drug-likeness (QED) is 0.318. The molecular formula is C41H58FN5O7S. The van der Waals surface area contributed by atoms with Crippen molar-refractivity contribution in [3.05, 3.63) is 59.9 Å². The van der Waals surface area contributed by atoms with Crippen LogP contribution in [0.4, 0.5) is 19.7 Å². The van der Waals surface area contributed by atoms with Crippen LogP contribution in [0.1, 0.15) is 56.9 Å². The summed E-state index contributed by atoms with van der Waals surface area (Å²) < 4.78 is 58.0. The van der Waals surface area contributed by atoms with Gasteiger partial charge in [-0.15, -0.1) is 0 Å². The van der Waals surface area contributed by atoms with Crippen LogP contribution in [0.3, 0.4) is 0 Å². The van der Waals surface area contributed by atoms with E-state index in [1.807, 2.05) is 18.2 Å². The molecule has 3 atom stereocenters. The van der Waals surface area contributed by atoms with Crippen molar-refractivity contribution in [3.8, 4) is 0 Å². The summed E-state index contributed by atoms with van der Waals surface area (Å²) in [4.78, 5) is 33.5. The lowest BCUT2D eigenvalue weighted by molar-refractivity contribution is -0.0657. The molecule has 14 heteroatoms. The molecule has 302 valence electrons. The first kappa shape index (κ1) is 39.8. The lowest BCUT2D eigenvalue weighted by atomic mass is 9.57. The Morgan fingerprint density at radius 1 is 0.855 bits per heavy atom. The van der Waals surface area contributed by atoms with Crippen molar-refractivity contribution >= 4 is 27.7 Å². The summed E-state index contributed by atoms with van der Waals surface area (Å²) in [7, 11) is 1.00. The first-order chi connectivity index (χ1) is 26.5. The first-order valence-corrected chi connectivity index (χ1v) is 21.6. The number of hydrogen-bond donors (Lipinski definition) is 1. The number of methoxy groups -OCH3 is 3. The number of hydrogen-bond acceptors (Lipinski definition) is 10. The molecule has 1 saturated carbocycles. The Bertz CT molecular complexity index is 1760. The molecule has 4 saturated heterocycles. The van der Waals surface area contributed by atoms with Crippen LogP contribution in [0.5, 0.6) is 0 Å². The van der Waals surface area contributed by atoms with Gasteiger partial charge in [0, 0.05) is 50.4 Å². The van der Waals surface area contributed by atoms with Crippen molar-refractivity contribution < 1.29 is 36.6 Å². The van der Waals surface area contributed by atoms with Gasteiger partial charge in [-0.1, -0.05) is 18.6 Å². The minimum atomic E-state index is -3.53. The molecule has 0 radical (unpaired) electrons. The van der Waals surface area contributed by atoms with Gasteiger partial charge in [0.25, 0.3) is 0 Å². The number of likely N-dealkylation sites (tertiary alicyclic amines) is 3. The summed E-state index contributed by atoms with van der Waals surface area (Å²) in [5.74, 6) is 0.253. The van der Waals surface area contributed by atoms with E-state index in [0.29, 0.717) is 49.8 Å². The molecule has 55 heavy (non-hydrogen) atoms. The van der Waals surface area contributed by atoms with Crippen LogP contribution in [0.2, 0.25) is 0 Å². The minimum Gasteiger partial charge on any atom is -0.453 e. The molecule has 2 amide bonds. The zero-order valence-corrected chi connectivity index (χ0v) is 33.4. The van der Waals surface area contributed by atoms with Gasteiger partial charge in [-0.2, -0.15) is 0 Å². The molecule has 0 unspecified atom stereocenters. The number of nitrogens with zero attached hydrogens (tertiary/aromatic N) is 4. The highest BCUT2D eigenvalue weighted by molar-refractivity contribution is 7.92. The van der Waals surface area contributed by atoms with E-state index in [1.54, 1.807) is 30.2 Å². The number of piperidine rings is 2. The molecule has 2 aromatic rings. The van der Waals surface area contributed by atoms with Crippen LogP contribution in [0.25, 0.3) is 0 Å². The topological polar surface area (TPSA) is 121 Å². The summed E-state index contributed by atoms with van der Waals surface area (Å²) in [5, 5.41) is 2.65. The molecule has 5 fully saturated rings. The van der Waals surface area contributed by atoms with Gasteiger partial charge in [-0.3, -0.25) is 0 Å². The number of alkyl carbamates (subject to hydrolysis) is 1. The van der Waals surface area contributed by atoms with Gasteiger partial charge in [-0.25, -0.2) is 22.4 Å². The monoisotopic (exact) mass is 783 g/mol. The van der Waals surface area contributed by atoms with Gasteiger partial charge in [-0.05, 0) is 125 Å². The fourth-order valence-corrected chi connectivity index (χ4v) is 12.1. The van der Waals surface area contributed by atoms with Gasteiger partial charge in [0.2, 0.25) is 0 Å². The Morgan fingerprint density at radius 3 is 2.16 bits per heavy atom. The molecule has 4 heterocycles. The highest BCUT2D eigenvalue weighted by Crippen LogP contribution is 2.51. The van der Waals surface area contributed by atoms with Crippen LogP contribution in [0.15, 0.2) is 53.4 Å². The maximum atomic E-state index is 15.1. The van der Waals surface area contributed by atoms with Crippen molar-refractivity contribution in [2.75, 3.05) is 91.7 Å². The van der Waals surface area contributed by atoms with Crippen molar-refractivity contribution in [1.29, 1.82) is 0 Å². The number of carbonyl (C=O) groups excluding carboxylic acids is 2. The number of benzene rings is 2. The third-order valence-electron chi connectivity index (χ3n) is 13.5. The van der Waals surface area contributed by atoms with Crippen molar-refractivity contribution in [2.45, 2.75) is 78.6 Å². The Kier molecular flexibility index (Phi) is 12.0. The largest absolute Gasteiger partial charge is 0.453 e. The van der Waals surface area contributed by atoms with E-state index in [0.717, 1.165) is 82.6 Å². The second kappa shape index (κ2) is 16.6. The molecule has 0 bridgehead atoms. The van der Waals surface area contributed by atoms with Crippen LogP contribution in [-0.4, -0.2) is 139 Å². The minimum absolute atomic E-state index is 0.0341. The lowest BCUT2D eigenvalue weighted by Gasteiger charge is -2.55. The van der Waals surface area contributed by atoms with E-state index in [1.165, 1.54) is 26.7 Å². The maximum absolute atomic E-state index is 15.1. The predicted octanol–water partition coefficient (Wildman–Crippen LogP) is 4.92. The molecule has 5 aliphatic rings. The van der Waals surface area contributed by atoms with Crippen molar-refractivity contribution in [1.82, 2.24) is 20.0 Å². The third kappa shape index (κ3) is 8.06. The zero-order valence-electron chi connectivity index (χ0n) is 32.6. The summed E-state index contributed by atoms with van der Waals surface area (Å²) in [6, 6.07) is 14.4. The normalized spacial score (nSPS) is 25.1. The smallest absolute Gasteiger partial charge is 0.409 e. The molecule has 4 aliphatic heterocycles. The standard InChI is InChI=1S/C41H58FN5O7S/c1-52-38(48)43-37-10-5-9-36(37)41(29-44-19-6-20-44,31-7-4-8-32(42)25-31)30-15-21-45(22-16-30)26-40(54-3)27-47(28-40)33-11-13-34(14-12-33)55(50,51)35-17-23-46(24-18-35)39(49)53-2/h4,7-8,11-14,25,30,35-37H,5-6,9-10,15-24,26-29H2,1-3H3,(H,43,48)/t36-,37-,41-/m0/s1. The number of amides is 2. The number of sulfone groups is 1. The van der Waals surface area contributed by atoms with E-state index >= 15 is 4.39 Å². The van der Waals surface area contributed by atoms with Crippen molar-refractivity contribution in [3.63, 3.8) is 0 Å². The molecule has 0 spiro atoms. The van der Waals surface area contributed by atoms with E-state index < -0.39 is 27.3 Å². The van der Waals surface area contributed by atoms with E-state index in [9.17, 15) is 18.0 Å². The number of anilines is 1. The average molecular weight is 784 g/mol. The third-order valence-corrected chi connectivity index (χ3v) is 15.8. The van der Waals surface area contributed by atoms with Crippen molar-refractivity contribution in [2.24, 2.45) is 11.8 Å². The van der Waals surface area contributed by atoms with Gasteiger partial charge < -0.3 is 39.1 Å². The number of nitrogens with one attached hydrogen (secondary N) is 1. The average Bonchev–Trinajstić information content (AvgIpc) is 3.64. The summed E-state index contributed by atoms with van der Waals surface area (Å²) in [6.45, 7) is 7.67. The van der Waals surface area contributed by atoms with Gasteiger partial charge in [0.1, 0.15) is 11.4 Å². The lowest BCUT2D eigenvalue weighted by Crippen LogP contribution is -2.68. The van der Waals surface area contributed by atoms with Crippen LogP contribution < -0.4 is 10.2 Å². The van der Waals surface area contributed by atoms with Gasteiger partial charge >= 0.3 is 12.2 Å². The van der Waals surface area contributed by atoms with E-state index in [4.69, 9.17) is 14.2 Å². The molecule has 0 aromatic heterocycles. The summed E-state index contributed by atoms with van der Waals surface area (Å²) in [6.07, 6.45) is 5.93. The second-order valence-electron chi connectivity index (χ2n) is 16.4. The fourth-order valence-electron chi connectivity index (χ4n) is 10.4. The zero-order chi connectivity index (χ0) is 38.8. The molecular weight excluding hydrogens is 726 g/mol. The van der Waals surface area contributed by atoms with Gasteiger partial charge in [0.15, 0.2) is 9.84 Å². The summed E-state index contributed by atoms with van der Waals surface area (Å²) >= 11 is 0. The Morgan fingerprint density at radius 2 is 1.56 bits per heavy atom. The molecule has 1 N–H and O–H groups in total. The fraction of sp³-hybridized carbons (Fsp3) is 0.659. The van der Waals surface area contributed by atoms with E-state index in [-0.39, 0.29) is 28.8 Å². The first-order valence-electron chi connectivity index (χ1n) is 20.0. The number of halogens is 1. The second-order valence-corrected chi connectivity index (χ2v) is 18.7. The van der Waals surface area contributed by atoms with Crippen LogP contribution in [0, 0.1) is 17.7 Å². The number of rotatable bonds is 12. The molecule has 1 aliphatic carbocycles. The Balaban J connectivity index is 1.01. The molecule has 12 nitrogen and oxygen atoms in total. The Labute approximate surface area is 325 Å². The maximum Gasteiger partial charge on any atom is 0.409 e. The molecule has 2 aromatic carbocycles. The van der Waals surface area contributed by atoms with Crippen LogP contribution in [-0.2, 0) is 29.5 Å². The number of carbonyl (C=O) groups is 2. The Hall–Kier alpha value is -3.46. The highest BCUT2D eigenvalue weighted by atomic mass is 32.2.